The number of nitrogens with zero attached hydrogens (tertiary/aromatic N) is 1. The van der Waals surface area contributed by atoms with E-state index in [2.05, 4.69) is 18.7 Å². The lowest BCUT2D eigenvalue weighted by Crippen LogP contribution is -2.41. The molecule has 0 fully saturated rings. The highest BCUT2D eigenvalue weighted by molar-refractivity contribution is 5.86. The van der Waals surface area contributed by atoms with Crippen molar-refractivity contribution in [1.29, 1.82) is 0 Å². The van der Waals surface area contributed by atoms with E-state index in [-0.39, 0.29) is 6.61 Å². The first-order valence-corrected chi connectivity index (χ1v) is 9.19. The van der Waals surface area contributed by atoms with Crippen LogP contribution in [0.5, 0.6) is 0 Å². The molecule has 140 valence electrons. The summed E-state index contributed by atoms with van der Waals surface area (Å²) >= 11 is 0. The molecule has 0 saturated carbocycles. The minimum atomic E-state index is -1.82. The first-order chi connectivity index (χ1) is 12.4. The Balaban J connectivity index is 2.38. The van der Waals surface area contributed by atoms with Crippen LogP contribution in [0.15, 0.2) is 48.5 Å². The predicted octanol–water partition coefficient (Wildman–Crippen LogP) is 3.42. The smallest absolute Gasteiger partial charge is 0.347 e. The molecule has 0 radical (unpaired) electrons. The zero-order chi connectivity index (χ0) is 19.2. The zero-order valence-corrected chi connectivity index (χ0v) is 16.2. The van der Waals surface area contributed by atoms with Gasteiger partial charge in [0.2, 0.25) is 5.60 Å². The van der Waals surface area contributed by atoms with Crippen LogP contribution in [-0.4, -0.2) is 42.2 Å². The van der Waals surface area contributed by atoms with Crippen LogP contribution in [0.4, 0.5) is 0 Å². The Morgan fingerprint density at radius 1 is 1.00 bits per heavy atom. The maximum Gasteiger partial charge on any atom is 0.347 e. The monoisotopic (exact) mass is 355 g/mol. The molecular formula is C22H29NO3. The summed E-state index contributed by atoms with van der Waals surface area (Å²) in [5.41, 5.74) is 1.01. The van der Waals surface area contributed by atoms with Gasteiger partial charge in [-0.3, -0.25) is 0 Å². The molecule has 0 heterocycles. The van der Waals surface area contributed by atoms with Gasteiger partial charge in [-0.15, -0.1) is 0 Å². The largest absolute Gasteiger partial charge is 0.462 e. The van der Waals surface area contributed by atoms with Crippen LogP contribution in [0, 0.1) is 13.8 Å². The van der Waals surface area contributed by atoms with E-state index in [1.54, 1.807) is 12.1 Å². The Bertz CT molecular complexity index is 705. The highest BCUT2D eigenvalue weighted by Gasteiger charge is 2.43. The molecule has 4 nitrogen and oxygen atoms in total. The molecule has 2 rings (SSSR count). The third-order valence-corrected chi connectivity index (χ3v) is 4.87. The van der Waals surface area contributed by atoms with E-state index >= 15 is 0 Å². The normalized spacial score (nSPS) is 13.5. The number of aliphatic hydroxyl groups is 1. The Morgan fingerprint density at radius 3 is 2.12 bits per heavy atom. The van der Waals surface area contributed by atoms with Crippen molar-refractivity contribution in [3.8, 4) is 0 Å². The summed E-state index contributed by atoms with van der Waals surface area (Å²) in [7, 11) is 0. The molecule has 1 N–H and O–H groups in total. The topological polar surface area (TPSA) is 49.8 Å². The number of carbonyl (C=O) groups excluding carboxylic acids is 1. The summed E-state index contributed by atoms with van der Waals surface area (Å²) in [6.07, 6.45) is 0. The predicted molar refractivity (Wildman–Crippen MR) is 104 cm³/mol. The SMILES string of the molecule is CCN(CC)CCOC(=O)[C@@](O)(c1ccccc1)c1c(C)cccc1C. The van der Waals surface area contributed by atoms with Crippen molar-refractivity contribution >= 4 is 5.97 Å². The lowest BCUT2D eigenvalue weighted by atomic mass is 9.81. The zero-order valence-electron chi connectivity index (χ0n) is 16.2. The molecule has 2 aromatic carbocycles. The third kappa shape index (κ3) is 4.14. The van der Waals surface area contributed by atoms with Gasteiger partial charge in [0.05, 0.1) is 0 Å². The molecule has 0 saturated heterocycles. The van der Waals surface area contributed by atoms with Gasteiger partial charge in [-0.25, -0.2) is 4.79 Å². The van der Waals surface area contributed by atoms with Crippen LogP contribution in [0.1, 0.15) is 36.1 Å². The molecular weight excluding hydrogens is 326 g/mol. The molecule has 1 atom stereocenters. The molecule has 26 heavy (non-hydrogen) atoms. The maximum absolute atomic E-state index is 13.0. The summed E-state index contributed by atoms with van der Waals surface area (Å²) in [6, 6.07) is 14.7. The molecule has 0 aliphatic heterocycles. The van der Waals surface area contributed by atoms with E-state index in [4.69, 9.17) is 4.74 Å². The molecule has 0 aromatic heterocycles. The minimum Gasteiger partial charge on any atom is -0.462 e. The van der Waals surface area contributed by atoms with Gasteiger partial charge >= 0.3 is 5.97 Å². The lowest BCUT2D eigenvalue weighted by molar-refractivity contribution is -0.162. The van der Waals surface area contributed by atoms with Crippen molar-refractivity contribution in [3.63, 3.8) is 0 Å². The van der Waals surface area contributed by atoms with Gasteiger partial charge in [-0.05, 0) is 43.6 Å². The second kappa shape index (κ2) is 8.97. The molecule has 2 aromatic rings. The highest BCUT2D eigenvalue weighted by atomic mass is 16.5. The minimum absolute atomic E-state index is 0.251. The van der Waals surface area contributed by atoms with E-state index in [1.165, 1.54) is 0 Å². The number of carbonyl (C=O) groups is 1. The summed E-state index contributed by atoms with van der Waals surface area (Å²) < 4.78 is 5.53. The number of hydrogen-bond acceptors (Lipinski definition) is 4. The standard InChI is InChI=1S/C22H29NO3/c1-5-23(6-2)15-16-26-21(24)22(25,19-13-8-7-9-14-19)20-17(3)11-10-12-18(20)4/h7-14,25H,5-6,15-16H2,1-4H3/t22-/m1/s1. The average Bonchev–Trinajstić information content (AvgIpc) is 2.65. The number of hydrogen-bond donors (Lipinski definition) is 1. The summed E-state index contributed by atoms with van der Waals surface area (Å²) in [5, 5.41) is 11.6. The molecule has 0 aliphatic rings. The van der Waals surface area contributed by atoms with Crippen LogP contribution in [0.3, 0.4) is 0 Å². The first kappa shape index (κ1) is 20.1. The van der Waals surface area contributed by atoms with Gasteiger partial charge in [0.25, 0.3) is 0 Å². The molecule has 0 bridgehead atoms. The second-order valence-electron chi connectivity index (χ2n) is 6.51. The molecule has 0 amide bonds. The van der Waals surface area contributed by atoms with Gasteiger partial charge in [0, 0.05) is 12.1 Å². The average molecular weight is 355 g/mol. The Hall–Kier alpha value is -2.17. The summed E-state index contributed by atoms with van der Waals surface area (Å²) in [5.74, 6) is -0.631. The van der Waals surface area contributed by atoms with E-state index in [0.29, 0.717) is 17.7 Å². The number of aryl methyl sites for hydroxylation is 2. The van der Waals surface area contributed by atoms with Crippen LogP contribution in [0.2, 0.25) is 0 Å². The number of benzene rings is 2. The van der Waals surface area contributed by atoms with E-state index in [1.807, 2.05) is 50.2 Å². The van der Waals surface area contributed by atoms with E-state index < -0.39 is 11.6 Å². The van der Waals surface area contributed by atoms with Crippen molar-refractivity contribution in [3.05, 3.63) is 70.8 Å². The van der Waals surface area contributed by atoms with Crippen molar-refractivity contribution in [1.82, 2.24) is 4.90 Å². The number of rotatable bonds is 8. The third-order valence-electron chi connectivity index (χ3n) is 4.87. The van der Waals surface area contributed by atoms with E-state index in [9.17, 15) is 9.90 Å². The summed E-state index contributed by atoms with van der Waals surface area (Å²) in [4.78, 5) is 15.2. The van der Waals surface area contributed by atoms with Gasteiger partial charge in [0.15, 0.2) is 0 Å². The van der Waals surface area contributed by atoms with Gasteiger partial charge in [-0.1, -0.05) is 62.4 Å². The number of esters is 1. The van der Waals surface area contributed by atoms with Crippen LogP contribution < -0.4 is 0 Å². The van der Waals surface area contributed by atoms with Gasteiger partial charge in [-0.2, -0.15) is 0 Å². The van der Waals surface area contributed by atoms with Crippen molar-refractivity contribution in [2.45, 2.75) is 33.3 Å². The Labute approximate surface area is 156 Å². The molecule has 0 aliphatic carbocycles. The highest BCUT2D eigenvalue weighted by Crippen LogP contribution is 2.35. The van der Waals surface area contributed by atoms with Crippen molar-refractivity contribution < 1.29 is 14.6 Å². The molecule has 0 spiro atoms. The fourth-order valence-corrected chi connectivity index (χ4v) is 3.34. The number of ether oxygens (including phenoxy) is 1. The fraction of sp³-hybridized carbons (Fsp3) is 0.409. The Kier molecular flexibility index (Phi) is 6.95. The van der Waals surface area contributed by atoms with Crippen LogP contribution in [-0.2, 0) is 15.1 Å². The van der Waals surface area contributed by atoms with Crippen molar-refractivity contribution in [2.24, 2.45) is 0 Å². The number of likely N-dealkylation sites (N-methyl/N-ethyl adjacent to an activating group) is 1. The second-order valence-corrected chi connectivity index (χ2v) is 6.51. The van der Waals surface area contributed by atoms with Gasteiger partial charge in [0.1, 0.15) is 6.61 Å². The summed E-state index contributed by atoms with van der Waals surface area (Å²) in [6.45, 7) is 10.6. The van der Waals surface area contributed by atoms with Gasteiger partial charge < -0.3 is 14.7 Å². The lowest BCUT2D eigenvalue weighted by Gasteiger charge is -2.30. The first-order valence-electron chi connectivity index (χ1n) is 9.19. The molecule has 0 unspecified atom stereocenters. The fourth-order valence-electron chi connectivity index (χ4n) is 3.34. The van der Waals surface area contributed by atoms with Crippen molar-refractivity contribution in [2.75, 3.05) is 26.2 Å². The van der Waals surface area contributed by atoms with E-state index in [0.717, 1.165) is 24.2 Å². The van der Waals surface area contributed by atoms with Crippen LogP contribution >= 0.6 is 0 Å². The van der Waals surface area contributed by atoms with Crippen LogP contribution in [0.25, 0.3) is 0 Å². The Morgan fingerprint density at radius 2 is 1.58 bits per heavy atom. The maximum atomic E-state index is 13.0. The quantitative estimate of drug-likeness (QED) is 0.737. The molecule has 4 heteroatoms.